The van der Waals surface area contributed by atoms with Gasteiger partial charge in [-0.05, 0) is 48.7 Å². The second kappa shape index (κ2) is 7.27. The third-order valence-corrected chi connectivity index (χ3v) is 6.24. The third-order valence-electron chi connectivity index (χ3n) is 5.52. The molecule has 7 heteroatoms. The second-order valence-corrected chi connectivity index (χ2v) is 8.72. The SMILES string of the molecule is O=C1c2oc3ccc(Br)cc3c(=O)c2[C@@H](c2cccc(Cl)c2)N1C[C@@H]1CCCO1. The van der Waals surface area contributed by atoms with Crippen molar-refractivity contribution in [2.75, 3.05) is 13.2 Å². The molecule has 1 fully saturated rings. The van der Waals surface area contributed by atoms with E-state index in [4.69, 9.17) is 20.8 Å². The van der Waals surface area contributed by atoms with Crippen LogP contribution >= 0.6 is 27.5 Å². The average Bonchev–Trinajstić information content (AvgIpc) is 3.31. The standard InChI is InChI=1S/C22H17BrClNO4/c23-13-6-7-17-16(10-13)20(26)18-19(12-3-1-4-14(24)9-12)25(22(27)21(18)29-17)11-15-5-2-8-28-15/h1,3-4,6-7,9-10,15,19H,2,5,8,11H2/t15-,19+/m0/s1. The Kier molecular flexibility index (Phi) is 4.73. The Morgan fingerprint density at radius 1 is 1.17 bits per heavy atom. The number of amides is 1. The minimum atomic E-state index is -0.556. The molecule has 0 N–H and O–H groups in total. The van der Waals surface area contributed by atoms with E-state index in [0.29, 0.717) is 34.7 Å². The van der Waals surface area contributed by atoms with Crippen molar-refractivity contribution in [1.82, 2.24) is 4.90 Å². The first-order chi connectivity index (χ1) is 14.0. The van der Waals surface area contributed by atoms with Gasteiger partial charge < -0.3 is 14.1 Å². The van der Waals surface area contributed by atoms with Gasteiger partial charge in [-0.25, -0.2) is 0 Å². The van der Waals surface area contributed by atoms with Crippen LogP contribution in [0.5, 0.6) is 0 Å². The van der Waals surface area contributed by atoms with Gasteiger partial charge in [0.1, 0.15) is 5.58 Å². The van der Waals surface area contributed by atoms with Gasteiger partial charge in [0, 0.05) is 22.6 Å². The highest BCUT2D eigenvalue weighted by atomic mass is 79.9. The number of rotatable bonds is 3. The first-order valence-electron chi connectivity index (χ1n) is 9.47. The molecule has 148 valence electrons. The molecule has 0 spiro atoms. The van der Waals surface area contributed by atoms with Crippen LogP contribution in [0, 0.1) is 0 Å². The largest absolute Gasteiger partial charge is 0.450 e. The number of halogens is 2. The average molecular weight is 475 g/mol. The van der Waals surface area contributed by atoms with Crippen LogP contribution in [0.3, 0.4) is 0 Å². The lowest BCUT2D eigenvalue weighted by Gasteiger charge is -2.27. The lowest BCUT2D eigenvalue weighted by molar-refractivity contribution is 0.0486. The number of nitrogens with zero attached hydrogens (tertiary/aromatic N) is 1. The van der Waals surface area contributed by atoms with E-state index < -0.39 is 6.04 Å². The van der Waals surface area contributed by atoms with Crippen molar-refractivity contribution in [1.29, 1.82) is 0 Å². The zero-order chi connectivity index (χ0) is 20.1. The van der Waals surface area contributed by atoms with Crippen LogP contribution in [0.2, 0.25) is 5.02 Å². The van der Waals surface area contributed by atoms with E-state index in [1.54, 1.807) is 35.2 Å². The van der Waals surface area contributed by atoms with Crippen LogP contribution in [0.1, 0.15) is 40.6 Å². The van der Waals surface area contributed by atoms with Crippen molar-refractivity contribution < 1.29 is 13.9 Å². The molecule has 0 unspecified atom stereocenters. The van der Waals surface area contributed by atoms with E-state index in [0.717, 1.165) is 22.9 Å². The summed E-state index contributed by atoms with van der Waals surface area (Å²) in [5.41, 5.74) is 1.34. The molecule has 0 saturated carbocycles. The van der Waals surface area contributed by atoms with E-state index in [1.165, 1.54) is 0 Å². The van der Waals surface area contributed by atoms with Crippen molar-refractivity contribution in [3.63, 3.8) is 0 Å². The number of carbonyl (C=O) groups excluding carboxylic acids is 1. The molecule has 1 amide bonds. The number of carbonyl (C=O) groups is 1. The molecule has 1 saturated heterocycles. The maximum atomic E-state index is 13.4. The fourth-order valence-corrected chi connectivity index (χ4v) is 4.77. The molecule has 2 atom stereocenters. The molecule has 5 nitrogen and oxygen atoms in total. The van der Waals surface area contributed by atoms with Crippen molar-refractivity contribution in [2.45, 2.75) is 25.0 Å². The highest BCUT2D eigenvalue weighted by Crippen LogP contribution is 2.39. The molecule has 1 aromatic heterocycles. The lowest BCUT2D eigenvalue weighted by Crippen LogP contribution is -2.36. The van der Waals surface area contributed by atoms with E-state index in [9.17, 15) is 9.59 Å². The molecule has 2 aliphatic rings. The highest BCUT2D eigenvalue weighted by Gasteiger charge is 2.43. The van der Waals surface area contributed by atoms with Crippen LogP contribution in [0.15, 0.2) is 56.1 Å². The van der Waals surface area contributed by atoms with Gasteiger partial charge in [-0.15, -0.1) is 0 Å². The first-order valence-corrected chi connectivity index (χ1v) is 10.6. The molecule has 2 aliphatic heterocycles. The van der Waals surface area contributed by atoms with Crippen molar-refractivity contribution in [2.24, 2.45) is 0 Å². The van der Waals surface area contributed by atoms with Gasteiger partial charge in [0.15, 0.2) is 5.43 Å². The topological polar surface area (TPSA) is 59.8 Å². The van der Waals surface area contributed by atoms with Crippen LogP contribution in [0.4, 0.5) is 0 Å². The van der Waals surface area contributed by atoms with Crippen LogP contribution in [-0.4, -0.2) is 30.1 Å². The maximum absolute atomic E-state index is 13.4. The monoisotopic (exact) mass is 473 g/mol. The molecular weight excluding hydrogens is 458 g/mol. The molecule has 5 rings (SSSR count). The Hall–Kier alpha value is -2.15. The molecule has 0 bridgehead atoms. The highest BCUT2D eigenvalue weighted by molar-refractivity contribution is 9.10. The maximum Gasteiger partial charge on any atom is 0.291 e. The molecule has 0 radical (unpaired) electrons. The smallest absolute Gasteiger partial charge is 0.291 e. The number of hydrogen-bond donors (Lipinski definition) is 0. The van der Waals surface area contributed by atoms with Crippen LogP contribution in [0.25, 0.3) is 11.0 Å². The molecule has 3 aromatic rings. The summed E-state index contributed by atoms with van der Waals surface area (Å²) in [6, 6.07) is 11.9. The van der Waals surface area contributed by atoms with Gasteiger partial charge in [-0.3, -0.25) is 9.59 Å². The lowest BCUT2D eigenvalue weighted by atomic mass is 9.98. The Balaban J connectivity index is 1.72. The van der Waals surface area contributed by atoms with Gasteiger partial charge >= 0.3 is 0 Å². The zero-order valence-corrected chi connectivity index (χ0v) is 17.7. The minimum Gasteiger partial charge on any atom is -0.450 e. The molecular formula is C22H17BrClNO4. The van der Waals surface area contributed by atoms with Gasteiger partial charge in [0.05, 0.1) is 23.1 Å². The Morgan fingerprint density at radius 2 is 2.03 bits per heavy atom. The molecule has 2 aromatic carbocycles. The van der Waals surface area contributed by atoms with E-state index >= 15 is 0 Å². The number of fused-ring (bicyclic) bond motifs is 2. The fourth-order valence-electron chi connectivity index (χ4n) is 4.21. The third kappa shape index (κ3) is 3.19. The van der Waals surface area contributed by atoms with Gasteiger partial charge in [-0.1, -0.05) is 39.7 Å². The van der Waals surface area contributed by atoms with Gasteiger partial charge in [0.2, 0.25) is 5.76 Å². The number of ether oxygens (including phenoxy) is 1. The van der Waals surface area contributed by atoms with Crippen LogP contribution < -0.4 is 5.43 Å². The normalized spacial score (nSPS) is 21.2. The fraction of sp³-hybridized carbons (Fsp3) is 0.273. The van der Waals surface area contributed by atoms with E-state index in [2.05, 4.69) is 15.9 Å². The minimum absolute atomic E-state index is 0.0476. The van der Waals surface area contributed by atoms with Crippen molar-refractivity contribution in [3.8, 4) is 0 Å². The van der Waals surface area contributed by atoms with E-state index in [1.807, 2.05) is 12.1 Å². The van der Waals surface area contributed by atoms with E-state index in [-0.39, 0.29) is 23.2 Å². The van der Waals surface area contributed by atoms with Gasteiger partial charge in [0.25, 0.3) is 5.91 Å². The number of hydrogen-bond acceptors (Lipinski definition) is 4. The summed E-state index contributed by atoms with van der Waals surface area (Å²) in [5.74, 6) is -0.185. The summed E-state index contributed by atoms with van der Waals surface area (Å²) in [4.78, 5) is 28.4. The number of benzene rings is 2. The predicted molar refractivity (Wildman–Crippen MR) is 113 cm³/mol. The Morgan fingerprint density at radius 3 is 2.79 bits per heavy atom. The molecule has 29 heavy (non-hydrogen) atoms. The molecule has 0 aliphatic carbocycles. The summed E-state index contributed by atoms with van der Waals surface area (Å²) in [6.07, 6.45) is 1.81. The van der Waals surface area contributed by atoms with Crippen molar-refractivity contribution >= 4 is 44.4 Å². The van der Waals surface area contributed by atoms with Gasteiger partial charge in [-0.2, -0.15) is 0 Å². The summed E-state index contributed by atoms with van der Waals surface area (Å²) in [5, 5.41) is 0.991. The van der Waals surface area contributed by atoms with Crippen molar-refractivity contribution in [3.05, 3.63) is 79.1 Å². The zero-order valence-electron chi connectivity index (χ0n) is 15.4. The Bertz CT molecular complexity index is 1190. The Labute approximate surface area is 180 Å². The molecule has 3 heterocycles. The second-order valence-electron chi connectivity index (χ2n) is 7.36. The quantitative estimate of drug-likeness (QED) is 0.540. The first kappa shape index (κ1) is 18.9. The van der Waals surface area contributed by atoms with Crippen LogP contribution in [-0.2, 0) is 4.74 Å². The summed E-state index contributed by atoms with van der Waals surface area (Å²) < 4.78 is 12.5. The summed E-state index contributed by atoms with van der Waals surface area (Å²) in [7, 11) is 0. The summed E-state index contributed by atoms with van der Waals surface area (Å²) >= 11 is 9.63. The predicted octanol–water partition coefficient (Wildman–Crippen LogP) is 4.93. The summed E-state index contributed by atoms with van der Waals surface area (Å²) in [6.45, 7) is 1.09.